The van der Waals surface area contributed by atoms with Crippen molar-refractivity contribution in [2.45, 2.75) is 0 Å². The summed E-state index contributed by atoms with van der Waals surface area (Å²) in [6, 6.07) is 17.9. The molecule has 0 radical (unpaired) electrons. The summed E-state index contributed by atoms with van der Waals surface area (Å²) in [5.74, 6) is 1.48. The Balaban J connectivity index is 1.94. The number of benzene rings is 2. The number of nitrogens with two attached hydrogens (primary N) is 1. The molecule has 2 aromatic heterocycles. The number of nitrogen functional groups attached to an aromatic ring is 1. The summed E-state index contributed by atoms with van der Waals surface area (Å²) < 4.78 is 1.91. The Morgan fingerprint density at radius 3 is 2.45 bits per heavy atom. The third-order valence-electron chi connectivity index (χ3n) is 3.44. The minimum Gasteiger partial charge on any atom is -0.368 e. The van der Waals surface area contributed by atoms with Crippen LogP contribution in [0, 0.1) is 0 Å². The van der Waals surface area contributed by atoms with Gasteiger partial charge in [-0.3, -0.25) is 4.40 Å². The van der Waals surface area contributed by atoms with E-state index >= 15 is 0 Å². The van der Waals surface area contributed by atoms with Crippen molar-refractivity contribution in [1.82, 2.24) is 19.4 Å². The first kappa shape index (κ1) is 12.5. The van der Waals surface area contributed by atoms with Crippen molar-refractivity contribution in [3.05, 3.63) is 66.0 Å². The van der Waals surface area contributed by atoms with Crippen LogP contribution in [0.3, 0.4) is 0 Å². The van der Waals surface area contributed by atoms with Gasteiger partial charge < -0.3 is 5.73 Å². The highest BCUT2D eigenvalue weighted by Crippen LogP contribution is 2.18. The minimum absolute atomic E-state index is 0.218. The monoisotopic (exact) mass is 287 g/mol. The normalized spacial score (nSPS) is 11.6. The molecule has 0 spiro atoms. The lowest BCUT2D eigenvalue weighted by molar-refractivity contribution is 1.02. The van der Waals surface area contributed by atoms with E-state index in [4.69, 9.17) is 5.73 Å². The van der Waals surface area contributed by atoms with Gasteiger partial charge in [-0.1, -0.05) is 48.5 Å². The Bertz CT molecular complexity index is 986. The number of anilines is 1. The molecule has 22 heavy (non-hydrogen) atoms. The van der Waals surface area contributed by atoms with Gasteiger partial charge >= 0.3 is 0 Å². The number of aromatic nitrogens is 4. The molecule has 0 aliphatic heterocycles. The molecule has 0 saturated heterocycles. The van der Waals surface area contributed by atoms with E-state index in [0.717, 1.165) is 16.6 Å². The van der Waals surface area contributed by atoms with Gasteiger partial charge in [-0.2, -0.15) is 9.97 Å². The maximum atomic E-state index is 5.81. The van der Waals surface area contributed by atoms with Crippen LogP contribution in [0.1, 0.15) is 11.4 Å². The Labute approximate surface area is 126 Å². The second kappa shape index (κ2) is 4.96. The molecule has 5 nitrogen and oxygen atoms in total. The van der Waals surface area contributed by atoms with Gasteiger partial charge in [-0.05, 0) is 23.8 Å². The Hall–Kier alpha value is -3.21. The molecule has 0 amide bonds. The quantitative estimate of drug-likeness (QED) is 0.615. The predicted octanol–water partition coefficient (Wildman–Crippen LogP) is 3.03. The summed E-state index contributed by atoms with van der Waals surface area (Å²) in [4.78, 5) is 13.0. The fraction of sp³-hybridized carbons (Fsp3) is 0. The van der Waals surface area contributed by atoms with E-state index in [1.807, 2.05) is 71.2 Å². The van der Waals surface area contributed by atoms with Crippen LogP contribution in [0.4, 0.5) is 5.95 Å². The number of fused-ring (bicyclic) bond motifs is 3. The molecule has 106 valence electrons. The summed E-state index contributed by atoms with van der Waals surface area (Å²) >= 11 is 0. The smallest absolute Gasteiger partial charge is 0.239 e. The van der Waals surface area contributed by atoms with E-state index in [1.165, 1.54) is 0 Å². The summed E-state index contributed by atoms with van der Waals surface area (Å²) in [5.41, 5.74) is 8.74. The molecule has 2 aromatic carbocycles. The highest BCUT2D eigenvalue weighted by atomic mass is 15.2. The van der Waals surface area contributed by atoms with Crippen molar-refractivity contribution in [3.63, 3.8) is 0 Å². The van der Waals surface area contributed by atoms with Crippen LogP contribution in [0.2, 0.25) is 0 Å². The van der Waals surface area contributed by atoms with Gasteiger partial charge in [0.2, 0.25) is 11.7 Å². The van der Waals surface area contributed by atoms with E-state index in [2.05, 4.69) is 15.0 Å². The average Bonchev–Trinajstić information content (AvgIpc) is 2.91. The fourth-order valence-electron chi connectivity index (χ4n) is 2.46. The van der Waals surface area contributed by atoms with Crippen LogP contribution >= 0.6 is 0 Å². The van der Waals surface area contributed by atoms with Crippen molar-refractivity contribution in [1.29, 1.82) is 0 Å². The van der Waals surface area contributed by atoms with Gasteiger partial charge in [0.1, 0.15) is 5.82 Å². The molecule has 5 heteroatoms. The van der Waals surface area contributed by atoms with Crippen LogP contribution in [-0.4, -0.2) is 19.4 Å². The summed E-state index contributed by atoms with van der Waals surface area (Å²) in [6.07, 6.45) is 3.92. The molecule has 0 aliphatic rings. The van der Waals surface area contributed by atoms with E-state index in [1.54, 1.807) is 0 Å². The van der Waals surface area contributed by atoms with Crippen molar-refractivity contribution < 1.29 is 0 Å². The lowest BCUT2D eigenvalue weighted by atomic mass is 10.2. The van der Waals surface area contributed by atoms with Gasteiger partial charge in [0.05, 0.1) is 11.0 Å². The van der Waals surface area contributed by atoms with Crippen molar-refractivity contribution in [2.24, 2.45) is 0 Å². The predicted molar refractivity (Wildman–Crippen MR) is 88.1 cm³/mol. The number of imidazole rings is 1. The zero-order valence-corrected chi connectivity index (χ0v) is 11.7. The number of nitrogens with zero attached hydrogens (tertiary/aromatic N) is 4. The molecule has 4 aromatic rings. The second-order valence-corrected chi connectivity index (χ2v) is 4.92. The molecule has 0 saturated carbocycles. The van der Waals surface area contributed by atoms with Crippen molar-refractivity contribution >= 4 is 34.9 Å². The third-order valence-corrected chi connectivity index (χ3v) is 3.44. The highest BCUT2D eigenvalue weighted by Gasteiger charge is 2.09. The van der Waals surface area contributed by atoms with Gasteiger partial charge in [0.25, 0.3) is 0 Å². The maximum absolute atomic E-state index is 5.81. The van der Waals surface area contributed by atoms with Crippen LogP contribution in [0.25, 0.3) is 29.0 Å². The maximum Gasteiger partial charge on any atom is 0.239 e. The number of para-hydroxylation sites is 2. The zero-order valence-electron chi connectivity index (χ0n) is 11.7. The molecule has 0 fully saturated rings. The topological polar surface area (TPSA) is 69.1 Å². The fourth-order valence-corrected chi connectivity index (χ4v) is 2.46. The first-order valence-corrected chi connectivity index (χ1v) is 6.95. The van der Waals surface area contributed by atoms with Gasteiger partial charge in [0, 0.05) is 0 Å². The summed E-state index contributed by atoms with van der Waals surface area (Å²) in [7, 11) is 0. The Morgan fingerprint density at radius 1 is 0.818 bits per heavy atom. The first-order chi connectivity index (χ1) is 10.8. The van der Waals surface area contributed by atoms with Gasteiger partial charge in [0.15, 0.2) is 0 Å². The molecule has 0 unspecified atom stereocenters. The third kappa shape index (κ3) is 2.09. The van der Waals surface area contributed by atoms with Crippen molar-refractivity contribution in [2.75, 3.05) is 5.73 Å². The molecular formula is C17H13N5. The standard InChI is InChI=1S/C17H13N5/c18-16-20-15(11-10-12-6-2-1-3-7-12)22-14-9-5-4-8-13(14)19-17(22)21-16/h1-11H,(H2,18,19,21)/b11-10+. The summed E-state index contributed by atoms with van der Waals surface area (Å²) in [5, 5.41) is 0. The average molecular weight is 287 g/mol. The summed E-state index contributed by atoms with van der Waals surface area (Å²) in [6.45, 7) is 0. The molecule has 2 N–H and O–H groups in total. The molecular weight excluding hydrogens is 274 g/mol. The van der Waals surface area contributed by atoms with Crippen LogP contribution in [-0.2, 0) is 0 Å². The molecule has 4 rings (SSSR count). The molecule has 0 aliphatic carbocycles. The Kier molecular flexibility index (Phi) is 2.83. The highest BCUT2D eigenvalue weighted by molar-refractivity contribution is 5.81. The van der Waals surface area contributed by atoms with Crippen LogP contribution < -0.4 is 5.73 Å². The molecule has 0 atom stereocenters. The van der Waals surface area contributed by atoms with Crippen LogP contribution in [0.5, 0.6) is 0 Å². The lowest BCUT2D eigenvalue weighted by Gasteiger charge is -2.02. The SMILES string of the molecule is Nc1nc(/C=C/c2ccccc2)n2c(n1)nc1ccccc12. The lowest BCUT2D eigenvalue weighted by Crippen LogP contribution is -2.03. The largest absolute Gasteiger partial charge is 0.368 e. The van der Waals surface area contributed by atoms with E-state index in [-0.39, 0.29) is 5.95 Å². The van der Waals surface area contributed by atoms with Gasteiger partial charge in [-0.15, -0.1) is 0 Å². The first-order valence-electron chi connectivity index (χ1n) is 6.95. The molecule has 2 heterocycles. The van der Waals surface area contributed by atoms with E-state index in [9.17, 15) is 0 Å². The number of hydrogen-bond donors (Lipinski definition) is 1. The zero-order chi connectivity index (χ0) is 14.9. The second-order valence-electron chi connectivity index (χ2n) is 4.92. The van der Waals surface area contributed by atoms with E-state index < -0.39 is 0 Å². The van der Waals surface area contributed by atoms with E-state index in [0.29, 0.717) is 11.6 Å². The van der Waals surface area contributed by atoms with Crippen molar-refractivity contribution in [3.8, 4) is 0 Å². The molecule has 0 bridgehead atoms. The van der Waals surface area contributed by atoms with Crippen LogP contribution in [0.15, 0.2) is 54.6 Å². The van der Waals surface area contributed by atoms with Gasteiger partial charge in [-0.25, -0.2) is 4.98 Å². The number of rotatable bonds is 2. The number of hydrogen-bond acceptors (Lipinski definition) is 4. The minimum atomic E-state index is 0.218. The Morgan fingerprint density at radius 2 is 1.59 bits per heavy atom.